The van der Waals surface area contributed by atoms with E-state index >= 15 is 0 Å². The van der Waals surface area contributed by atoms with Gasteiger partial charge in [-0.25, -0.2) is 9.78 Å². The van der Waals surface area contributed by atoms with Gasteiger partial charge in [-0.3, -0.25) is 9.51 Å². The normalized spacial score (nSPS) is 11.0. The van der Waals surface area contributed by atoms with Gasteiger partial charge in [0.25, 0.3) is 0 Å². The Balaban J connectivity index is 1.57. The molecule has 0 fully saturated rings. The summed E-state index contributed by atoms with van der Waals surface area (Å²) >= 11 is 7.75. The molecular weight excluding hydrogens is 394 g/mol. The van der Waals surface area contributed by atoms with Crippen molar-refractivity contribution in [3.63, 3.8) is 0 Å². The number of halogens is 1. The van der Waals surface area contributed by atoms with Crippen LogP contribution in [0.15, 0.2) is 33.0 Å². The molecule has 2 aromatic heterocycles. The molecule has 0 amide bonds. The predicted molar refractivity (Wildman–Crippen MR) is 100 cm³/mol. The van der Waals surface area contributed by atoms with E-state index in [1.807, 2.05) is 6.92 Å². The lowest BCUT2D eigenvalue weighted by Gasteiger charge is -2.08. The lowest BCUT2D eigenvalue weighted by molar-refractivity contribution is 0.0438. The molecular formula is C17H18ClN3O5S. The second-order valence-electron chi connectivity index (χ2n) is 5.35. The highest BCUT2D eigenvalue weighted by atomic mass is 35.5. The highest BCUT2D eigenvalue weighted by Gasteiger charge is 2.11. The Labute approximate surface area is 164 Å². The monoisotopic (exact) mass is 411 g/mol. The third-order valence-corrected chi connectivity index (χ3v) is 4.71. The van der Waals surface area contributed by atoms with Crippen molar-refractivity contribution >= 4 is 22.9 Å². The van der Waals surface area contributed by atoms with Gasteiger partial charge in [0.05, 0.1) is 40.9 Å². The van der Waals surface area contributed by atoms with Crippen LogP contribution < -0.4 is 10.5 Å². The van der Waals surface area contributed by atoms with E-state index in [0.29, 0.717) is 49.4 Å². The van der Waals surface area contributed by atoms with E-state index in [-0.39, 0.29) is 5.82 Å². The van der Waals surface area contributed by atoms with Gasteiger partial charge in [0.15, 0.2) is 5.82 Å². The number of aromatic amines is 1. The van der Waals surface area contributed by atoms with Gasteiger partial charge in [0, 0.05) is 12.2 Å². The van der Waals surface area contributed by atoms with Gasteiger partial charge in [-0.05, 0) is 25.1 Å². The third kappa shape index (κ3) is 5.39. The molecule has 0 bridgehead atoms. The van der Waals surface area contributed by atoms with Crippen LogP contribution in [0.25, 0.3) is 11.4 Å². The molecule has 2 heterocycles. The molecule has 27 heavy (non-hydrogen) atoms. The van der Waals surface area contributed by atoms with Crippen molar-refractivity contribution in [2.75, 3.05) is 19.8 Å². The first-order valence-electron chi connectivity index (χ1n) is 8.22. The molecule has 1 aromatic carbocycles. The van der Waals surface area contributed by atoms with E-state index in [2.05, 4.69) is 19.6 Å². The molecule has 0 spiro atoms. The number of hydrogen-bond donors (Lipinski definition) is 1. The minimum Gasteiger partial charge on any atom is -0.488 e. The maximum absolute atomic E-state index is 11.1. The lowest BCUT2D eigenvalue weighted by Crippen LogP contribution is -2.05. The van der Waals surface area contributed by atoms with Crippen molar-refractivity contribution in [3.8, 4) is 17.1 Å². The molecule has 0 aliphatic rings. The van der Waals surface area contributed by atoms with Gasteiger partial charge in [-0.2, -0.15) is 0 Å². The van der Waals surface area contributed by atoms with Gasteiger partial charge in [0.1, 0.15) is 12.4 Å². The summed E-state index contributed by atoms with van der Waals surface area (Å²) in [5.74, 6) is 0.222. The van der Waals surface area contributed by atoms with E-state index in [1.165, 1.54) is 11.3 Å². The highest BCUT2D eigenvalue weighted by molar-refractivity contribution is 7.09. The smallest absolute Gasteiger partial charge is 0.439 e. The molecule has 10 heteroatoms. The van der Waals surface area contributed by atoms with Crippen LogP contribution in [0.2, 0.25) is 5.02 Å². The fourth-order valence-corrected chi connectivity index (χ4v) is 3.17. The summed E-state index contributed by atoms with van der Waals surface area (Å²) in [5, 5.41) is 4.01. The molecule has 0 atom stereocenters. The Morgan fingerprint density at radius 1 is 1.26 bits per heavy atom. The fourth-order valence-electron chi connectivity index (χ4n) is 2.23. The molecule has 0 unspecified atom stereocenters. The van der Waals surface area contributed by atoms with E-state index < -0.39 is 5.76 Å². The summed E-state index contributed by atoms with van der Waals surface area (Å²) in [4.78, 5) is 18.8. The van der Waals surface area contributed by atoms with Crippen molar-refractivity contribution in [1.29, 1.82) is 0 Å². The van der Waals surface area contributed by atoms with E-state index in [9.17, 15) is 4.79 Å². The van der Waals surface area contributed by atoms with E-state index in [1.54, 1.807) is 23.7 Å². The summed E-state index contributed by atoms with van der Waals surface area (Å²) in [6, 6.07) is 5.10. The fraction of sp³-hybridized carbons (Fsp3) is 0.353. The Hall–Kier alpha value is -2.20. The molecule has 144 valence electrons. The zero-order valence-corrected chi connectivity index (χ0v) is 16.1. The molecule has 0 aliphatic carbocycles. The summed E-state index contributed by atoms with van der Waals surface area (Å²) in [6.45, 7) is 4.47. The summed E-state index contributed by atoms with van der Waals surface area (Å²) in [5.41, 5.74) is 3.16. The second-order valence-corrected chi connectivity index (χ2v) is 6.69. The van der Waals surface area contributed by atoms with Crippen LogP contribution in [0.3, 0.4) is 0 Å². The minimum absolute atomic E-state index is 0.269. The van der Waals surface area contributed by atoms with Gasteiger partial charge in [-0.15, -0.1) is 11.3 Å². The summed E-state index contributed by atoms with van der Waals surface area (Å²) < 4.78 is 21.1. The maximum Gasteiger partial charge on any atom is 0.439 e. The van der Waals surface area contributed by atoms with E-state index in [0.717, 1.165) is 10.6 Å². The number of benzene rings is 1. The van der Waals surface area contributed by atoms with Crippen molar-refractivity contribution in [3.05, 3.63) is 49.9 Å². The lowest BCUT2D eigenvalue weighted by atomic mass is 10.2. The molecule has 0 saturated heterocycles. The Morgan fingerprint density at radius 3 is 2.85 bits per heavy atom. The maximum atomic E-state index is 11.1. The van der Waals surface area contributed by atoms with Crippen LogP contribution in [-0.2, 0) is 22.7 Å². The first-order chi connectivity index (χ1) is 13.2. The van der Waals surface area contributed by atoms with Crippen LogP contribution >= 0.6 is 22.9 Å². The molecule has 8 nitrogen and oxygen atoms in total. The second kappa shape index (κ2) is 9.65. The standard InChI is InChI=1S/C17H18ClN3O5S/c1-2-23-5-6-24-8-14-15(27-10-19-14)9-25-11-3-4-12(13(18)7-11)16-20-17(22)26-21-16/h3-4,7,10H,2,5-6,8-9H2,1H3,(H,20,21,22). The number of nitrogens with one attached hydrogen (secondary N) is 1. The van der Waals surface area contributed by atoms with Gasteiger partial charge < -0.3 is 14.2 Å². The molecule has 0 radical (unpaired) electrons. The van der Waals surface area contributed by atoms with Gasteiger partial charge in [-0.1, -0.05) is 16.8 Å². The zero-order chi connectivity index (χ0) is 19.1. The zero-order valence-electron chi connectivity index (χ0n) is 14.6. The molecule has 0 saturated carbocycles. The number of ether oxygens (including phenoxy) is 3. The predicted octanol–water partition coefficient (Wildman–Crippen LogP) is 3.27. The number of nitrogens with zero attached hydrogens (tertiary/aromatic N) is 2. The van der Waals surface area contributed by atoms with Crippen molar-refractivity contribution in [2.24, 2.45) is 0 Å². The molecule has 0 aliphatic heterocycles. The van der Waals surface area contributed by atoms with Crippen molar-refractivity contribution in [1.82, 2.24) is 15.1 Å². The summed E-state index contributed by atoms with van der Waals surface area (Å²) in [6.07, 6.45) is 0. The van der Waals surface area contributed by atoms with Crippen molar-refractivity contribution < 1.29 is 18.7 Å². The van der Waals surface area contributed by atoms with E-state index in [4.69, 9.17) is 25.8 Å². The number of thiazole rings is 1. The number of hydrogen-bond acceptors (Lipinski definition) is 8. The topological polar surface area (TPSA) is 99.5 Å². The van der Waals surface area contributed by atoms with Gasteiger partial charge >= 0.3 is 5.76 Å². The van der Waals surface area contributed by atoms with Crippen LogP contribution in [0.4, 0.5) is 0 Å². The Bertz CT molecular complexity index is 923. The first-order valence-corrected chi connectivity index (χ1v) is 9.48. The minimum atomic E-state index is -0.636. The number of rotatable bonds is 10. The van der Waals surface area contributed by atoms with Crippen LogP contribution in [0.5, 0.6) is 5.75 Å². The first kappa shape index (κ1) is 19.6. The quantitative estimate of drug-likeness (QED) is 0.511. The SMILES string of the molecule is CCOCCOCc1ncsc1COc1ccc(-c2noc(=O)[nH]2)c(Cl)c1. The van der Waals surface area contributed by atoms with Gasteiger partial charge in [0.2, 0.25) is 0 Å². The third-order valence-electron chi connectivity index (χ3n) is 3.55. The average Bonchev–Trinajstić information content (AvgIpc) is 3.28. The Morgan fingerprint density at radius 2 is 2.11 bits per heavy atom. The molecule has 3 rings (SSSR count). The largest absolute Gasteiger partial charge is 0.488 e. The molecule has 3 aromatic rings. The summed E-state index contributed by atoms with van der Waals surface area (Å²) in [7, 11) is 0. The van der Waals surface area contributed by atoms with Crippen LogP contribution in [0.1, 0.15) is 17.5 Å². The molecule has 1 N–H and O–H groups in total. The Kier molecular flexibility index (Phi) is 6.99. The average molecular weight is 412 g/mol. The number of H-pyrrole nitrogens is 1. The number of aromatic nitrogens is 3. The highest BCUT2D eigenvalue weighted by Crippen LogP contribution is 2.29. The van der Waals surface area contributed by atoms with Crippen LogP contribution in [-0.4, -0.2) is 34.9 Å². The van der Waals surface area contributed by atoms with Crippen molar-refractivity contribution in [2.45, 2.75) is 20.1 Å². The van der Waals surface area contributed by atoms with Crippen LogP contribution in [0, 0.1) is 0 Å².